The van der Waals surface area contributed by atoms with E-state index in [0.717, 1.165) is 24.4 Å². The Bertz CT molecular complexity index is 521. The van der Waals surface area contributed by atoms with Crippen LogP contribution < -0.4 is 0 Å². The van der Waals surface area contributed by atoms with E-state index in [1.807, 2.05) is 22.9 Å². The summed E-state index contributed by atoms with van der Waals surface area (Å²) in [6.45, 7) is 2.99. The monoisotopic (exact) mass is 311 g/mol. The van der Waals surface area contributed by atoms with Crippen molar-refractivity contribution >= 4 is 23.2 Å². The molecule has 1 aromatic carbocycles. The molecule has 0 saturated heterocycles. The third kappa shape index (κ3) is 3.15. The molecular weight excluding hydrogens is 293 g/mol. The normalized spacial score (nSPS) is 11.8. The molecule has 1 aromatic heterocycles. The van der Waals surface area contributed by atoms with Gasteiger partial charge in [-0.05, 0) is 12.0 Å². The first-order chi connectivity index (χ1) is 9.75. The molecule has 3 nitrogen and oxygen atoms in total. The van der Waals surface area contributed by atoms with Crippen LogP contribution in [0.15, 0.2) is 36.7 Å². The quantitative estimate of drug-likeness (QED) is 0.731. The maximum atomic E-state index is 6.26. The Kier molecular flexibility index (Phi) is 5.44. The van der Waals surface area contributed by atoms with Crippen molar-refractivity contribution in [1.82, 2.24) is 14.8 Å². The number of benzene rings is 1. The van der Waals surface area contributed by atoms with Crippen LogP contribution in [0, 0.1) is 0 Å². The first-order valence-corrected chi connectivity index (χ1v) is 7.87. The summed E-state index contributed by atoms with van der Waals surface area (Å²) in [5.41, 5.74) is 0.846. The van der Waals surface area contributed by atoms with Crippen LogP contribution in [0.1, 0.15) is 24.7 Å². The molecule has 0 aliphatic carbocycles. The van der Waals surface area contributed by atoms with Crippen molar-refractivity contribution in [2.24, 2.45) is 0 Å². The van der Waals surface area contributed by atoms with Crippen LogP contribution in [0.4, 0.5) is 0 Å². The molecule has 0 aliphatic heterocycles. The topological polar surface area (TPSA) is 30.7 Å². The minimum absolute atomic E-state index is 0.303. The van der Waals surface area contributed by atoms with Crippen LogP contribution in [0.3, 0.4) is 0 Å². The Hall–Kier alpha value is -1.06. The molecule has 0 unspecified atom stereocenters. The van der Waals surface area contributed by atoms with Gasteiger partial charge >= 0.3 is 0 Å². The van der Waals surface area contributed by atoms with Crippen molar-refractivity contribution in [3.63, 3.8) is 0 Å². The number of hydrogen-bond acceptors (Lipinski definition) is 2. The summed E-state index contributed by atoms with van der Waals surface area (Å²) in [6.07, 6.45) is 3.32. The van der Waals surface area contributed by atoms with Crippen molar-refractivity contribution in [3.05, 3.63) is 48.0 Å². The van der Waals surface area contributed by atoms with Gasteiger partial charge < -0.3 is 0 Å². The van der Waals surface area contributed by atoms with Crippen molar-refractivity contribution in [1.29, 1.82) is 0 Å². The van der Waals surface area contributed by atoms with Crippen LogP contribution in [0.25, 0.3) is 0 Å². The van der Waals surface area contributed by atoms with E-state index in [0.29, 0.717) is 18.2 Å². The molecule has 108 valence electrons. The largest absolute Gasteiger partial charge is 0.250 e. The highest BCUT2D eigenvalue weighted by Gasteiger charge is 2.32. The SMILES string of the molecule is CCCn1ncnc1CC(CCl)(CCl)c1ccccc1. The Labute approximate surface area is 129 Å². The Morgan fingerprint density at radius 3 is 2.45 bits per heavy atom. The number of halogens is 2. The standard InChI is InChI=1S/C15H19Cl2N3/c1-2-8-20-14(18-12-19-20)9-15(10-16,11-17)13-6-4-3-5-7-13/h3-7,12H,2,8-11H2,1H3. The molecule has 20 heavy (non-hydrogen) atoms. The molecule has 0 aliphatic rings. The van der Waals surface area contributed by atoms with Crippen LogP contribution in [-0.2, 0) is 18.4 Å². The van der Waals surface area contributed by atoms with Crippen LogP contribution in [0.2, 0.25) is 0 Å². The van der Waals surface area contributed by atoms with Gasteiger partial charge in [0, 0.05) is 30.1 Å². The molecular formula is C15H19Cl2N3. The van der Waals surface area contributed by atoms with Crippen LogP contribution >= 0.6 is 23.2 Å². The third-order valence-corrected chi connectivity index (χ3v) is 4.55. The summed E-state index contributed by atoms with van der Waals surface area (Å²) in [7, 11) is 0. The minimum Gasteiger partial charge on any atom is -0.250 e. The van der Waals surface area contributed by atoms with E-state index in [4.69, 9.17) is 23.2 Å². The van der Waals surface area contributed by atoms with Gasteiger partial charge in [0.15, 0.2) is 0 Å². The van der Waals surface area contributed by atoms with Crippen LogP contribution in [0.5, 0.6) is 0 Å². The smallest absolute Gasteiger partial charge is 0.138 e. The second-order valence-electron chi connectivity index (χ2n) is 4.99. The number of nitrogens with zero attached hydrogens (tertiary/aromatic N) is 3. The lowest BCUT2D eigenvalue weighted by Gasteiger charge is -2.29. The van der Waals surface area contributed by atoms with Crippen molar-refractivity contribution in [3.8, 4) is 0 Å². The van der Waals surface area contributed by atoms with Gasteiger partial charge in [-0.1, -0.05) is 37.3 Å². The fourth-order valence-corrected chi connectivity index (χ4v) is 3.09. The molecule has 0 saturated carbocycles. The molecule has 0 spiro atoms. The molecule has 2 aromatic rings. The molecule has 1 heterocycles. The van der Waals surface area contributed by atoms with Gasteiger partial charge in [0.2, 0.25) is 0 Å². The predicted octanol–water partition coefficient (Wildman–Crippen LogP) is 3.65. The number of aromatic nitrogens is 3. The van der Waals surface area contributed by atoms with Gasteiger partial charge in [0.25, 0.3) is 0 Å². The lowest BCUT2D eigenvalue weighted by molar-refractivity contribution is 0.481. The highest BCUT2D eigenvalue weighted by molar-refractivity contribution is 6.22. The molecule has 2 rings (SSSR count). The Morgan fingerprint density at radius 1 is 1.15 bits per heavy atom. The van der Waals surface area contributed by atoms with E-state index in [1.165, 1.54) is 0 Å². The first kappa shape index (κ1) is 15.3. The maximum Gasteiger partial charge on any atom is 0.138 e. The summed E-state index contributed by atoms with van der Waals surface area (Å²) in [4.78, 5) is 4.38. The number of alkyl halides is 2. The lowest BCUT2D eigenvalue weighted by Crippen LogP contribution is -2.34. The first-order valence-electron chi connectivity index (χ1n) is 6.80. The number of hydrogen-bond donors (Lipinski definition) is 0. The zero-order valence-electron chi connectivity index (χ0n) is 11.6. The zero-order chi connectivity index (χ0) is 14.4. The van der Waals surface area contributed by atoms with Gasteiger partial charge in [-0.25, -0.2) is 4.98 Å². The number of aryl methyl sites for hydroxylation is 1. The highest BCUT2D eigenvalue weighted by Crippen LogP contribution is 2.31. The van der Waals surface area contributed by atoms with Crippen molar-refractivity contribution < 1.29 is 0 Å². The van der Waals surface area contributed by atoms with E-state index >= 15 is 0 Å². The summed E-state index contributed by atoms with van der Waals surface area (Å²) >= 11 is 12.5. The van der Waals surface area contributed by atoms with Crippen molar-refractivity contribution in [2.45, 2.75) is 31.7 Å². The van der Waals surface area contributed by atoms with E-state index in [2.05, 4.69) is 29.1 Å². The second-order valence-corrected chi connectivity index (χ2v) is 5.52. The summed E-state index contributed by atoms with van der Waals surface area (Å²) in [5, 5.41) is 4.27. The molecule has 5 heteroatoms. The molecule has 0 N–H and O–H groups in total. The molecule has 0 amide bonds. The second kappa shape index (κ2) is 7.09. The average molecular weight is 312 g/mol. The van der Waals surface area contributed by atoms with Gasteiger partial charge in [0.1, 0.15) is 12.2 Å². The lowest BCUT2D eigenvalue weighted by atomic mass is 9.81. The summed E-state index contributed by atoms with van der Waals surface area (Å²) in [6, 6.07) is 10.2. The predicted molar refractivity (Wildman–Crippen MR) is 83.6 cm³/mol. The molecule has 0 bridgehead atoms. The molecule has 0 radical (unpaired) electrons. The third-order valence-electron chi connectivity index (χ3n) is 3.53. The van der Waals surface area contributed by atoms with Crippen molar-refractivity contribution in [2.75, 3.05) is 11.8 Å². The zero-order valence-corrected chi connectivity index (χ0v) is 13.1. The minimum atomic E-state index is -0.303. The van der Waals surface area contributed by atoms with E-state index in [9.17, 15) is 0 Å². The Balaban J connectivity index is 2.32. The molecule has 0 fully saturated rings. The summed E-state index contributed by atoms with van der Waals surface area (Å²) < 4.78 is 1.94. The van der Waals surface area contributed by atoms with Gasteiger partial charge in [0.05, 0.1) is 0 Å². The van der Waals surface area contributed by atoms with Gasteiger partial charge in [-0.2, -0.15) is 5.10 Å². The van der Waals surface area contributed by atoms with Crippen LogP contribution in [-0.4, -0.2) is 26.5 Å². The average Bonchev–Trinajstić information content (AvgIpc) is 2.93. The van der Waals surface area contributed by atoms with E-state index in [1.54, 1.807) is 6.33 Å². The highest BCUT2D eigenvalue weighted by atomic mass is 35.5. The molecule has 0 atom stereocenters. The number of rotatable bonds is 7. The van der Waals surface area contributed by atoms with Gasteiger partial charge in [-0.15, -0.1) is 23.2 Å². The maximum absolute atomic E-state index is 6.26. The Morgan fingerprint density at radius 2 is 1.85 bits per heavy atom. The fraction of sp³-hybridized carbons (Fsp3) is 0.467. The van der Waals surface area contributed by atoms with E-state index < -0.39 is 0 Å². The van der Waals surface area contributed by atoms with Gasteiger partial charge in [-0.3, -0.25) is 4.68 Å². The van der Waals surface area contributed by atoms with E-state index in [-0.39, 0.29) is 5.41 Å². The summed E-state index contributed by atoms with van der Waals surface area (Å²) in [5.74, 6) is 1.86. The fourth-order valence-electron chi connectivity index (χ4n) is 2.30.